The predicted molar refractivity (Wildman–Crippen MR) is 122 cm³/mol. The van der Waals surface area contributed by atoms with Crippen LogP contribution in [0.15, 0.2) is 40.9 Å². The lowest BCUT2D eigenvalue weighted by Crippen LogP contribution is -3.00. The Morgan fingerprint density at radius 1 is 1.21 bits per heavy atom. The molecule has 2 N–H and O–H groups in total. The summed E-state index contributed by atoms with van der Waals surface area (Å²) < 4.78 is 11.4. The number of amides is 1. The van der Waals surface area contributed by atoms with Crippen molar-refractivity contribution in [2.24, 2.45) is 5.92 Å². The summed E-state index contributed by atoms with van der Waals surface area (Å²) >= 11 is 0. The Labute approximate surface area is 211 Å². The molecule has 9 heteroatoms. The molecule has 3 unspecified atom stereocenters. The van der Waals surface area contributed by atoms with E-state index in [1.165, 1.54) is 0 Å². The third-order valence-electron chi connectivity index (χ3n) is 7.05. The van der Waals surface area contributed by atoms with Gasteiger partial charge in [-0.05, 0) is 25.3 Å². The van der Waals surface area contributed by atoms with Crippen molar-refractivity contribution in [3.8, 4) is 0 Å². The first-order valence-electron chi connectivity index (χ1n) is 11.8. The maximum absolute atomic E-state index is 13.4. The second-order valence-corrected chi connectivity index (χ2v) is 9.84. The van der Waals surface area contributed by atoms with Crippen LogP contribution < -0.4 is 22.3 Å². The number of esters is 1. The van der Waals surface area contributed by atoms with Gasteiger partial charge in [-0.25, -0.2) is 4.79 Å². The monoisotopic (exact) mass is 535 g/mol. The molecule has 1 saturated carbocycles. The number of aryl methyl sites for hydroxylation is 1. The third kappa shape index (κ3) is 5.87. The average Bonchev–Trinajstić information content (AvgIpc) is 3.38. The van der Waals surface area contributed by atoms with Gasteiger partial charge >= 0.3 is 5.97 Å². The first-order chi connectivity index (χ1) is 15.8. The smallest absolute Gasteiger partial charge is 0.343 e. The van der Waals surface area contributed by atoms with Crippen molar-refractivity contribution in [2.75, 3.05) is 32.0 Å². The molecule has 34 heavy (non-hydrogen) atoms. The molecular formula is C25H34BrN3O5. The van der Waals surface area contributed by atoms with Crippen LogP contribution in [-0.2, 0) is 19.9 Å². The van der Waals surface area contributed by atoms with Gasteiger partial charge in [-0.2, -0.15) is 0 Å². The van der Waals surface area contributed by atoms with Gasteiger partial charge in [-0.1, -0.05) is 54.8 Å². The summed E-state index contributed by atoms with van der Waals surface area (Å²) in [6.07, 6.45) is 5.06. The van der Waals surface area contributed by atoms with Crippen molar-refractivity contribution in [2.45, 2.75) is 57.2 Å². The predicted octanol–water partition coefficient (Wildman–Crippen LogP) is 0.156. The molecule has 3 atom stereocenters. The lowest BCUT2D eigenvalue weighted by molar-refractivity contribution is -0.890. The molecule has 0 bridgehead atoms. The van der Waals surface area contributed by atoms with E-state index < -0.39 is 11.6 Å². The summed E-state index contributed by atoms with van der Waals surface area (Å²) in [5.74, 6) is 0.136. The van der Waals surface area contributed by atoms with Crippen LogP contribution in [-0.4, -0.2) is 59.4 Å². The number of nitrogens with zero attached hydrogens (tertiary/aromatic N) is 2. The summed E-state index contributed by atoms with van der Waals surface area (Å²) in [4.78, 5) is 25.9. The molecule has 8 nitrogen and oxygen atoms in total. The number of rotatable bonds is 7. The molecule has 1 aromatic heterocycles. The highest BCUT2D eigenvalue weighted by molar-refractivity contribution is 5.90. The summed E-state index contributed by atoms with van der Waals surface area (Å²) in [7, 11) is 1.98. The van der Waals surface area contributed by atoms with Crippen LogP contribution in [0.5, 0.6) is 0 Å². The van der Waals surface area contributed by atoms with Crippen molar-refractivity contribution in [3.63, 3.8) is 0 Å². The molecular weight excluding hydrogens is 502 g/mol. The second-order valence-electron chi connectivity index (χ2n) is 9.84. The van der Waals surface area contributed by atoms with E-state index in [-0.39, 0.29) is 41.5 Å². The molecule has 1 aliphatic heterocycles. The maximum atomic E-state index is 13.4. The fraction of sp³-hybridized carbons (Fsp3) is 0.560. The van der Waals surface area contributed by atoms with Crippen molar-refractivity contribution in [3.05, 3.63) is 47.7 Å². The van der Waals surface area contributed by atoms with Crippen LogP contribution in [0.3, 0.4) is 0 Å². The highest BCUT2D eigenvalue weighted by Gasteiger charge is 2.49. The van der Waals surface area contributed by atoms with Gasteiger partial charge in [0, 0.05) is 18.4 Å². The molecule has 2 aliphatic rings. The van der Waals surface area contributed by atoms with Gasteiger partial charge in [0.15, 0.2) is 24.1 Å². The number of quaternary nitrogens is 1. The summed E-state index contributed by atoms with van der Waals surface area (Å²) in [6.45, 7) is 3.23. The van der Waals surface area contributed by atoms with Gasteiger partial charge in [-0.15, -0.1) is 0 Å². The van der Waals surface area contributed by atoms with E-state index >= 15 is 0 Å². The molecule has 1 saturated heterocycles. The van der Waals surface area contributed by atoms with E-state index in [0.717, 1.165) is 32.1 Å². The second kappa shape index (κ2) is 11.0. The van der Waals surface area contributed by atoms with E-state index in [2.05, 4.69) is 10.5 Å². The minimum atomic E-state index is -1.64. The molecule has 1 aromatic carbocycles. The number of benzene rings is 1. The Bertz CT molecular complexity index is 978. The van der Waals surface area contributed by atoms with Crippen LogP contribution in [0.1, 0.15) is 49.8 Å². The fourth-order valence-electron chi connectivity index (χ4n) is 5.30. The number of halogens is 1. The fourth-order valence-corrected chi connectivity index (χ4v) is 5.30. The van der Waals surface area contributed by atoms with Crippen LogP contribution in [0.25, 0.3) is 0 Å². The van der Waals surface area contributed by atoms with Crippen molar-refractivity contribution >= 4 is 17.7 Å². The largest absolute Gasteiger partial charge is 1.00 e. The molecule has 2 fully saturated rings. The van der Waals surface area contributed by atoms with Crippen LogP contribution in [0.4, 0.5) is 5.82 Å². The van der Waals surface area contributed by atoms with Gasteiger partial charge in [0.1, 0.15) is 12.3 Å². The van der Waals surface area contributed by atoms with Gasteiger partial charge in [0.05, 0.1) is 13.6 Å². The number of carbonyl (C=O) groups excluding carboxylic acids is 2. The molecule has 2 aromatic rings. The zero-order chi connectivity index (χ0) is 23.5. The molecule has 1 amide bonds. The quantitative estimate of drug-likeness (QED) is 0.386. The highest BCUT2D eigenvalue weighted by atomic mass is 79.9. The number of anilines is 1. The van der Waals surface area contributed by atoms with Crippen molar-refractivity contribution in [1.82, 2.24) is 5.16 Å². The van der Waals surface area contributed by atoms with E-state index in [0.29, 0.717) is 41.1 Å². The van der Waals surface area contributed by atoms with Crippen LogP contribution in [0.2, 0.25) is 0 Å². The number of ether oxygens (including phenoxy) is 1. The number of likely N-dealkylation sites (tertiary alicyclic amines) is 1. The van der Waals surface area contributed by atoms with E-state index in [4.69, 9.17) is 9.26 Å². The first kappa shape index (κ1) is 26.4. The number of likely N-dealkylation sites (N-methyl/N-ethyl adjacent to an activating group) is 1. The molecule has 2 heterocycles. The minimum Gasteiger partial charge on any atom is -1.00 e. The Balaban J connectivity index is 0.00000324. The number of carbonyl (C=O) groups is 2. The maximum Gasteiger partial charge on any atom is 0.343 e. The summed E-state index contributed by atoms with van der Waals surface area (Å²) in [5.41, 5.74) is -1.05. The Morgan fingerprint density at radius 2 is 1.91 bits per heavy atom. The zero-order valence-electron chi connectivity index (χ0n) is 19.8. The summed E-state index contributed by atoms with van der Waals surface area (Å²) in [5, 5.41) is 18.3. The number of hydrogen-bond donors (Lipinski definition) is 2. The van der Waals surface area contributed by atoms with Gasteiger partial charge in [0.25, 0.3) is 5.91 Å². The van der Waals surface area contributed by atoms with Crippen LogP contribution >= 0.6 is 0 Å². The van der Waals surface area contributed by atoms with E-state index in [1.807, 2.05) is 25.2 Å². The number of aliphatic hydroxyl groups is 1. The van der Waals surface area contributed by atoms with Gasteiger partial charge < -0.3 is 41.1 Å². The summed E-state index contributed by atoms with van der Waals surface area (Å²) in [6, 6.07) is 10.8. The first-order valence-corrected chi connectivity index (χ1v) is 11.8. The lowest BCUT2D eigenvalue weighted by atomic mass is 9.73. The Morgan fingerprint density at radius 3 is 2.56 bits per heavy atom. The van der Waals surface area contributed by atoms with Crippen molar-refractivity contribution < 1.29 is 45.4 Å². The lowest BCUT2D eigenvalue weighted by Gasteiger charge is -2.37. The van der Waals surface area contributed by atoms with E-state index in [1.54, 1.807) is 25.1 Å². The van der Waals surface area contributed by atoms with E-state index in [9.17, 15) is 14.7 Å². The molecule has 1 aliphatic carbocycles. The Hall–Kier alpha value is -2.23. The molecule has 4 rings (SSSR count). The highest BCUT2D eigenvalue weighted by Crippen LogP contribution is 2.41. The van der Waals surface area contributed by atoms with Crippen LogP contribution in [0, 0.1) is 12.8 Å². The standard InChI is InChI=1S/C25H33N3O5.BrH/c1-18-15-22(27-33-18)26-23(29)17-28(2)14-13-21(16-28)32-24(30)25(31,19-9-5-3-6-10-19)20-11-7-4-8-12-20;/h3,5-6,9-10,15,20-21,31H,4,7-8,11-14,16-17H2,1-2H3;1H. The SMILES string of the molecule is Cc1cc(NC(=O)C[N+]2(C)CCC(OC(=O)C(O)(c3ccccc3)C3CCCCC3)C2)no1.[Br-]. The molecule has 0 spiro atoms. The molecule has 186 valence electrons. The molecule has 0 radical (unpaired) electrons. The topological polar surface area (TPSA) is 102 Å². The van der Waals surface area contributed by atoms with Gasteiger partial charge in [0.2, 0.25) is 0 Å². The number of hydrogen-bond acceptors (Lipinski definition) is 6. The Kier molecular flexibility index (Phi) is 8.54. The average molecular weight is 536 g/mol. The van der Waals surface area contributed by atoms with Crippen molar-refractivity contribution in [1.29, 1.82) is 0 Å². The third-order valence-corrected chi connectivity index (χ3v) is 7.05. The normalized spacial score (nSPS) is 24.6. The number of nitrogens with one attached hydrogen (secondary N) is 1. The number of aromatic nitrogens is 1. The minimum absolute atomic E-state index is 0. The zero-order valence-corrected chi connectivity index (χ0v) is 21.4. The van der Waals surface area contributed by atoms with Gasteiger partial charge in [-0.3, -0.25) is 4.79 Å².